The molecule has 3 rings (SSSR count). The summed E-state index contributed by atoms with van der Waals surface area (Å²) < 4.78 is 0. The summed E-state index contributed by atoms with van der Waals surface area (Å²) in [6.45, 7) is 1.22. The van der Waals surface area contributed by atoms with Crippen molar-refractivity contribution in [1.29, 1.82) is 0 Å². The highest BCUT2D eigenvalue weighted by atomic mass is 35.5. The van der Waals surface area contributed by atoms with E-state index in [1.807, 2.05) is 23.1 Å². The molecule has 1 aliphatic heterocycles. The Balaban J connectivity index is 1.56. The van der Waals surface area contributed by atoms with E-state index < -0.39 is 0 Å². The van der Waals surface area contributed by atoms with Gasteiger partial charge in [-0.25, -0.2) is 0 Å². The van der Waals surface area contributed by atoms with Crippen molar-refractivity contribution in [3.63, 3.8) is 0 Å². The molecule has 2 aromatic rings. The fourth-order valence-corrected chi connectivity index (χ4v) is 3.25. The lowest BCUT2D eigenvalue weighted by atomic mass is 9.89. The highest BCUT2D eigenvalue weighted by Crippen LogP contribution is 2.23. The van der Waals surface area contributed by atoms with Gasteiger partial charge in [0.1, 0.15) is 0 Å². The Morgan fingerprint density at radius 3 is 2.54 bits per heavy atom. The van der Waals surface area contributed by atoms with E-state index in [1.54, 1.807) is 30.6 Å². The molecule has 1 aromatic heterocycles. The molecular weight excluding hydrogens is 324 g/mol. The highest BCUT2D eigenvalue weighted by molar-refractivity contribution is 6.31. The van der Waals surface area contributed by atoms with E-state index in [2.05, 4.69) is 4.98 Å². The topological polar surface area (TPSA) is 50.3 Å². The number of carbonyl (C=O) groups excluding carboxylic acids is 2. The molecule has 0 atom stereocenters. The number of Topliss-reactive ketones (excluding diaryl/α,β-unsaturated/α-hetero) is 1. The Kier molecular flexibility index (Phi) is 5.26. The predicted octanol–water partition coefficient (Wildman–Crippen LogP) is 3.40. The number of amides is 1. The van der Waals surface area contributed by atoms with E-state index in [0.717, 1.165) is 5.56 Å². The lowest BCUT2D eigenvalue weighted by molar-refractivity contribution is -0.131. The van der Waals surface area contributed by atoms with E-state index in [0.29, 0.717) is 42.9 Å². The van der Waals surface area contributed by atoms with Crippen molar-refractivity contribution in [2.75, 3.05) is 13.1 Å². The molecule has 24 heavy (non-hydrogen) atoms. The van der Waals surface area contributed by atoms with Gasteiger partial charge in [-0.05, 0) is 36.6 Å². The quantitative estimate of drug-likeness (QED) is 0.800. The zero-order valence-electron chi connectivity index (χ0n) is 13.3. The molecule has 0 N–H and O–H groups in total. The number of hydrogen-bond acceptors (Lipinski definition) is 3. The van der Waals surface area contributed by atoms with Crippen LogP contribution < -0.4 is 0 Å². The number of aromatic nitrogens is 1. The van der Waals surface area contributed by atoms with E-state index in [9.17, 15) is 9.59 Å². The fourth-order valence-electron chi connectivity index (χ4n) is 3.05. The summed E-state index contributed by atoms with van der Waals surface area (Å²) in [4.78, 5) is 30.7. The predicted molar refractivity (Wildman–Crippen MR) is 93.0 cm³/mol. The van der Waals surface area contributed by atoms with Gasteiger partial charge in [-0.1, -0.05) is 29.8 Å². The first-order chi connectivity index (χ1) is 11.6. The molecule has 1 aliphatic rings. The van der Waals surface area contributed by atoms with Gasteiger partial charge in [0.05, 0.1) is 6.42 Å². The molecule has 0 aliphatic carbocycles. The third kappa shape index (κ3) is 3.82. The van der Waals surface area contributed by atoms with Gasteiger partial charge in [0.2, 0.25) is 5.91 Å². The first-order valence-electron chi connectivity index (χ1n) is 8.10. The zero-order valence-corrected chi connectivity index (χ0v) is 14.1. The molecule has 124 valence electrons. The maximum absolute atomic E-state index is 12.5. The smallest absolute Gasteiger partial charge is 0.227 e. The molecule has 1 aromatic carbocycles. The van der Waals surface area contributed by atoms with Crippen LogP contribution in [0.5, 0.6) is 0 Å². The van der Waals surface area contributed by atoms with Crippen LogP contribution in [0.4, 0.5) is 0 Å². The molecule has 0 saturated carbocycles. The third-order valence-electron chi connectivity index (χ3n) is 4.46. The highest BCUT2D eigenvalue weighted by Gasteiger charge is 2.28. The number of pyridine rings is 1. The Morgan fingerprint density at radius 1 is 1.12 bits per heavy atom. The number of piperidine rings is 1. The molecule has 2 heterocycles. The Bertz CT molecular complexity index is 725. The second-order valence-electron chi connectivity index (χ2n) is 6.03. The number of benzene rings is 1. The van der Waals surface area contributed by atoms with E-state index in [4.69, 9.17) is 11.6 Å². The first-order valence-corrected chi connectivity index (χ1v) is 8.48. The second-order valence-corrected chi connectivity index (χ2v) is 6.44. The molecule has 1 fully saturated rings. The van der Waals surface area contributed by atoms with E-state index >= 15 is 0 Å². The molecule has 4 nitrogen and oxygen atoms in total. The first kappa shape index (κ1) is 16.7. The number of halogens is 1. The summed E-state index contributed by atoms with van der Waals surface area (Å²) in [5.41, 5.74) is 1.50. The average Bonchev–Trinajstić information content (AvgIpc) is 2.64. The van der Waals surface area contributed by atoms with Crippen molar-refractivity contribution in [3.8, 4) is 0 Å². The molecular formula is C19H19ClN2O2. The Labute approximate surface area is 146 Å². The number of carbonyl (C=O) groups is 2. The lowest BCUT2D eigenvalue weighted by Gasteiger charge is -2.31. The summed E-state index contributed by atoms with van der Waals surface area (Å²) in [6, 6.07) is 11.0. The number of hydrogen-bond donors (Lipinski definition) is 0. The summed E-state index contributed by atoms with van der Waals surface area (Å²) in [5.74, 6) is 0.162. The van der Waals surface area contributed by atoms with Crippen molar-refractivity contribution in [3.05, 3.63) is 64.9 Å². The molecule has 0 spiro atoms. The van der Waals surface area contributed by atoms with Gasteiger partial charge in [-0.3, -0.25) is 14.6 Å². The van der Waals surface area contributed by atoms with Crippen molar-refractivity contribution < 1.29 is 9.59 Å². The third-order valence-corrected chi connectivity index (χ3v) is 4.83. The second kappa shape index (κ2) is 7.58. The van der Waals surface area contributed by atoms with Crippen LogP contribution in [0.15, 0.2) is 48.8 Å². The van der Waals surface area contributed by atoms with Crippen LogP contribution in [0.2, 0.25) is 5.02 Å². The van der Waals surface area contributed by atoms with Gasteiger partial charge in [0.15, 0.2) is 5.78 Å². The fraction of sp³-hybridized carbons (Fsp3) is 0.316. The van der Waals surface area contributed by atoms with Crippen LogP contribution in [-0.2, 0) is 11.2 Å². The minimum atomic E-state index is -0.0291. The number of rotatable bonds is 4. The Hall–Kier alpha value is -2.20. The van der Waals surface area contributed by atoms with Gasteiger partial charge in [0.25, 0.3) is 0 Å². The monoisotopic (exact) mass is 342 g/mol. The minimum absolute atomic E-state index is 0.0291. The van der Waals surface area contributed by atoms with Crippen molar-refractivity contribution in [2.45, 2.75) is 19.3 Å². The van der Waals surface area contributed by atoms with Crippen molar-refractivity contribution in [2.24, 2.45) is 5.92 Å². The SMILES string of the molecule is O=C(c1cccnc1)C1CCN(C(=O)Cc2ccccc2Cl)CC1. The molecule has 5 heteroatoms. The van der Waals surface area contributed by atoms with Gasteiger partial charge < -0.3 is 4.90 Å². The summed E-state index contributed by atoms with van der Waals surface area (Å²) in [6.07, 6.45) is 4.97. The Morgan fingerprint density at radius 2 is 1.88 bits per heavy atom. The average molecular weight is 343 g/mol. The van der Waals surface area contributed by atoms with Crippen molar-refractivity contribution >= 4 is 23.3 Å². The van der Waals surface area contributed by atoms with Crippen LogP contribution in [0.3, 0.4) is 0 Å². The number of ketones is 1. The lowest BCUT2D eigenvalue weighted by Crippen LogP contribution is -2.41. The maximum Gasteiger partial charge on any atom is 0.227 e. The standard InChI is InChI=1S/C19H19ClN2O2/c20-17-6-2-1-4-15(17)12-18(23)22-10-7-14(8-11-22)19(24)16-5-3-9-21-13-16/h1-6,9,13-14H,7-8,10-12H2. The van der Waals surface area contributed by atoms with Gasteiger partial charge in [0, 0.05) is 42.0 Å². The van der Waals surface area contributed by atoms with Crippen LogP contribution in [0.1, 0.15) is 28.8 Å². The molecule has 0 unspecified atom stereocenters. The molecule has 1 amide bonds. The normalized spacial score (nSPS) is 15.3. The zero-order chi connectivity index (χ0) is 16.9. The van der Waals surface area contributed by atoms with Gasteiger partial charge >= 0.3 is 0 Å². The minimum Gasteiger partial charge on any atom is -0.342 e. The number of nitrogens with zero attached hydrogens (tertiary/aromatic N) is 2. The van der Waals surface area contributed by atoms with Gasteiger partial charge in [-0.15, -0.1) is 0 Å². The van der Waals surface area contributed by atoms with Crippen LogP contribution >= 0.6 is 11.6 Å². The van der Waals surface area contributed by atoms with Crippen LogP contribution in [0.25, 0.3) is 0 Å². The largest absolute Gasteiger partial charge is 0.342 e. The summed E-state index contributed by atoms with van der Waals surface area (Å²) >= 11 is 6.12. The van der Waals surface area contributed by atoms with Crippen molar-refractivity contribution in [1.82, 2.24) is 9.88 Å². The van der Waals surface area contributed by atoms with Gasteiger partial charge in [-0.2, -0.15) is 0 Å². The van der Waals surface area contributed by atoms with Crippen LogP contribution in [0, 0.1) is 5.92 Å². The van der Waals surface area contributed by atoms with Crippen LogP contribution in [-0.4, -0.2) is 34.7 Å². The maximum atomic E-state index is 12.5. The summed E-state index contributed by atoms with van der Waals surface area (Å²) in [5, 5.41) is 0.618. The van der Waals surface area contributed by atoms with E-state index in [-0.39, 0.29) is 17.6 Å². The molecule has 1 saturated heterocycles. The van der Waals surface area contributed by atoms with E-state index in [1.165, 1.54) is 0 Å². The number of likely N-dealkylation sites (tertiary alicyclic amines) is 1. The molecule has 0 radical (unpaired) electrons. The summed E-state index contributed by atoms with van der Waals surface area (Å²) in [7, 11) is 0. The molecule has 0 bridgehead atoms.